The molecule has 0 amide bonds. The normalized spacial score (nSPS) is 37.7. The maximum absolute atomic E-state index is 12.4. The van der Waals surface area contributed by atoms with Crippen LogP contribution in [0.15, 0.2) is 12.2 Å². The molecule has 27 heavy (non-hydrogen) atoms. The van der Waals surface area contributed by atoms with E-state index >= 15 is 0 Å². The molecule has 3 rings (SSSR count). The molecular formula is C21H34F2O4. The number of ether oxygens (including phenoxy) is 4. The van der Waals surface area contributed by atoms with Crippen molar-refractivity contribution >= 4 is 0 Å². The zero-order valence-corrected chi connectivity index (χ0v) is 16.4. The van der Waals surface area contributed by atoms with Gasteiger partial charge in [0.25, 0.3) is 6.08 Å². The van der Waals surface area contributed by atoms with Gasteiger partial charge in [-0.15, -0.1) is 0 Å². The third kappa shape index (κ3) is 6.48. The average molecular weight is 388 g/mol. The van der Waals surface area contributed by atoms with Crippen molar-refractivity contribution in [3.05, 3.63) is 12.2 Å². The van der Waals surface area contributed by atoms with Crippen LogP contribution < -0.4 is 0 Å². The molecule has 4 nitrogen and oxygen atoms in total. The zero-order valence-electron chi connectivity index (χ0n) is 16.4. The van der Waals surface area contributed by atoms with Crippen LogP contribution in [0, 0.1) is 23.7 Å². The largest absolute Gasteiger partial charge is 0.352 e. The van der Waals surface area contributed by atoms with E-state index in [1.54, 1.807) is 0 Å². The van der Waals surface area contributed by atoms with Crippen LogP contribution in [0.1, 0.15) is 58.3 Å². The van der Waals surface area contributed by atoms with E-state index < -0.39 is 6.08 Å². The minimum absolute atomic E-state index is 0.0336. The lowest BCUT2D eigenvalue weighted by atomic mass is 9.76. The Morgan fingerprint density at radius 3 is 2.04 bits per heavy atom. The van der Waals surface area contributed by atoms with E-state index in [9.17, 15) is 8.78 Å². The van der Waals surface area contributed by atoms with Gasteiger partial charge in [-0.05, 0) is 56.4 Å². The van der Waals surface area contributed by atoms with Crippen molar-refractivity contribution in [3.63, 3.8) is 0 Å². The first kappa shape index (κ1) is 21.2. The maximum Gasteiger partial charge on any atom is 0.266 e. The van der Waals surface area contributed by atoms with Crippen LogP contribution in [0.25, 0.3) is 0 Å². The van der Waals surface area contributed by atoms with Gasteiger partial charge in [0.2, 0.25) is 0 Å². The Labute approximate surface area is 161 Å². The van der Waals surface area contributed by atoms with Gasteiger partial charge in [-0.1, -0.05) is 19.8 Å². The summed E-state index contributed by atoms with van der Waals surface area (Å²) in [4.78, 5) is 0. The van der Waals surface area contributed by atoms with Gasteiger partial charge in [0.15, 0.2) is 12.6 Å². The lowest BCUT2D eigenvalue weighted by Gasteiger charge is -2.40. The number of unbranched alkanes of at least 4 members (excludes halogenated alkanes) is 2. The molecule has 0 atom stereocenters. The first-order chi connectivity index (χ1) is 13.2. The van der Waals surface area contributed by atoms with Crippen molar-refractivity contribution in [2.75, 3.05) is 26.4 Å². The molecule has 6 heteroatoms. The minimum atomic E-state index is -1.55. The third-order valence-electron chi connectivity index (χ3n) is 6.21. The van der Waals surface area contributed by atoms with Crippen molar-refractivity contribution in [1.29, 1.82) is 0 Å². The molecule has 3 fully saturated rings. The standard InChI is InChI=1S/C21H34F2O4/c1-2-3-4-5-20-24-13-18(14-25-20)21-26-11-17(12-27-21)16-8-6-15(7-9-16)10-19(22)23/h10,15-18,20-21H,2-9,11-14H2,1H3. The molecule has 1 aliphatic carbocycles. The molecule has 0 bridgehead atoms. The van der Waals surface area contributed by atoms with E-state index in [0.29, 0.717) is 38.3 Å². The van der Waals surface area contributed by atoms with Crippen LogP contribution in [0.5, 0.6) is 0 Å². The van der Waals surface area contributed by atoms with Gasteiger partial charge in [0.05, 0.1) is 32.3 Å². The Morgan fingerprint density at radius 1 is 0.815 bits per heavy atom. The summed E-state index contributed by atoms with van der Waals surface area (Å²) in [5.74, 6) is 1.04. The molecule has 2 saturated heterocycles. The molecule has 0 aromatic carbocycles. The molecule has 0 aromatic rings. The monoisotopic (exact) mass is 388 g/mol. The second-order valence-electron chi connectivity index (χ2n) is 8.28. The van der Waals surface area contributed by atoms with E-state index in [0.717, 1.165) is 44.6 Å². The molecule has 156 valence electrons. The molecule has 0 radical (unpaired) electrons. The first-order valence-electron chi connectivity index (χ1n) is 10.6. The fourth-order valence-corrected chi connectivity index (χ4v) is 4.48. The molecule has 0 N–H and O–H groups in total. The SMILES string of the molecule is CCCCCC1OCC(C2OCC(C3CCC(C=C(F)F)CC3)CO2)CO1. The quantitative estimate of drug-likeness (QED) is 0.567. The smallest absolute Gasteiger partial charge is 0.266 e. The van der Waals surface area contributed by atoms with Gasteiger partial charge in [-0.2, -0.15) is 8.78 Å². The molecule has 0 spiro atoms. The predicted octanol–water partition coefficient (Wildman–Crippen LogP) is 5.13. The summed E-state index contributed by atoms with van der Waals surface area (Å²) in [6.45, 7) is 4.81. The Morgan fingerprint density at radius 2 is 1.44 bits per heavy atom. The molecule has 0 aromatic heterocycles. The van der Waals surface area contributed by atoms with Crippen molar-refractivity contribution in [2.45, 2.75) is 70.9 Å². The molecule has 2 aliphatic heterocycles. The lowest BCUT2D eigenvalue weighted by Crippen LogP contribution is -2.46. The van der Waals surface area contributed by atoms with Crippen LogP contribution in [0.4, 0.5) is 8.78 Å². The van der Waals surface area contributed by atoms with Crippen molar-refractivity contribution in [1.82, 2.24) is 0 Å². The zero-order chi connectivity index (χ0) is 19.1. The van der Waals surface area contributed by atoms with Gasteiger partial charge < -0.3 is 18.9 Å². The van der Waals surface area contributed by atoms with Crippen molar-refractivity contribution < 1.29 is 27.7 Å². The van der Waals surface area contributed by atoms with Crippen LogP contribution >= 0.6 is 0 Å². The van der Waals surface area contributed by atoms with Crippen molar-refractivity contribution in [3.8, 4) is 0 Å². The van der Waals surface area contributed by atoms with E-state index in [1.807, 2.05) is 0 Å². The Kier molecular flexibility index (Phi) is 8.49. The lowest BCUT2D eigenvalue weighted by molar-refractivity contribution is -0.285. The molecule has 2 heterocycles. The van der Waals surface area contributed by atoms with Crippen molar-refractivity contribution in [2.24, 2.45) is 23.7 Å². The summed E-state index contributed by atoms with van der Waals surface area (Å²) >= 11 is 0. The Bertz CT molecular complexity index is 445. The molecule has 0 unspecified atom stereocenters. The number of allylic oxidation sites excluding steroid dienone is 1. The second-order valence-corrected chi connectivity index (χ2v) is 8.28. The topological polar surface area (TPSA) is 36.9 Å². The second kappa shape index (κ2) is 10.8. The molecule has 3 aliphatic rings. The fraction of sp³-hybridized carbons (Fsp3) is 0.905. The molecule has 1 saturated carbocycles. The number of halogens is 2. The van der Waals surface area contributed by atoms with Gasteiger partial charge in [-0.3, -0.25) is 0 Å². The summed E-state index contributed by atoms with van der Waals surface area (Å²) in [5, 5.41) is 0. The van der Waals surface area contributed by atoms with Crippen LogP contribution in [0.3, 0.4) is 0 Å². The number of hydrogen-bond acceptors (Lipinski definition) is 4. The van der Waals surface area contributed by atoms with E-state index in [1.165, 1.54) is 12.8 Å². The number of rotatable bonds is 7. The van der Waals surface area contributed by atoms with Crippen LogP contribution in [-0.4, -0.2) is 39.0 Å². The Hall–Kier alpha value is -0.560. The molecular weight excluding hydrogens is 354 g/mol. The van der Waals surface area contributed by atoms with Gasteiger partial charge in [0, 0.05) is 5.92 Å². The Balaban J connectivity index is 1.33. The fourth-order valence-electron chi connectivity index (χ4n) is 4.48. The summed E-state index contributed by atoms with van der Waals surface area (Å²) in [5.41, 5.74) is 0. The number of hydrogen-bond donors (Lipinski definition) is 0. The highest BCUT2D eigenvalue weighted by Crippen LogP contribution is 2.37. The summed E-state index contributed by atoms with van der Waals surface area (Å²) in [6.07, 6.45) is 7.39. The van der Waals surface area contributed by atoms with Gasteiger partial charge >= 0.3 is 0 Å². The first-order valence-corrected chi connectivity index (χ1v) is 10.6. The maximum atomic E-state index is 12.4. The van der Waals surface area contributed by atoms with E-state index in [2.05, 4.69) is 6.92 Å². The highest BCUT2D eigenvalue weighted by Gasteiger charge is 2.36. The average Bonchev–Trinajstić information content (AvgIpc) is 2.69. The van der Waals surface area contributed by atoms with Gasteiger partial charge in [0.1, 0.15) is 0 Å². The third-order valence-corrected chi connectivity index (χ3v) is 6.21. The van der Waals surface area contributed by atoms with E-state index in [4.69, 9.17) is 18.9 Å². The minimum Gasteiger partial charge on any atom is -0.352 e. The van der Waals surface area contributed by atoms with E-state index in [-0.39, 0.29) is 24.4 Å². The summed E-state index contributed by atoms with van der Waals surface area (Å²) in [7, 11) is 0. The van der Waals surface area contributed by atoms with Crippen LogP contribution in [-0.2, 0) is 18.9 Å². The summed E-state index contributed by atoms with van der Waals surface area (Å²) in [6, 6.07) is 0. The highest BCUT2D eigenvalue weighted by molar-refractivity contribution is 4.92. The van der Waals surface area contributed by atoms with Gasteiger partial charge in [-0.25, -0.2) is 0 Å². The predicted molar refractivity (Wildman–Crippen MR) is 98.3 cm³/mol. The highest BCUT2D eigenvalue weighted by atomic mass is 19.3. The summed E-state index contributed by atoms with van der Waals surface area (Å²) < 4.78 is 48.4. The van der Waals surface area contributed by atoms with Crippen LogP contribution in [0.2, 0.25) is 0 Å².